The molecule has 0 spiro atoms. The summed E-state index contributed by atoms with van der Waals surface area (Å²) < 4.78 is 42.0. The molecule has 12 nitrogen and oxygen atoms in total. The zero-order chi connectivity index (χ0) is 28.0. The molecule has 0 aromatic carbocycles. The minimum absolute atomic E-state index is 0.00370. The van der Waals surface area contributed by atoms with Gasteiger partial charge in [-0.2, -0.15) is 10.2 Å². The first-order valence-electron chi connectivity index (χ1n) is 10.9. The van der Waals surface area contributed by atoms with Gasteiger partial charge in [-0.15, -0.1) is 0 Å². The van der Waals surface area contributed by atoms with Crippen LogP contribution in [0.5, 0.6) is 0 Å². The molecule has 0 atom stereocenters. The number of ether oxygens (including phenoxy) is 3. The summed E-state index contributed by atoms with van der Waals surface area (Å²) in [5.41, 5.74) is 5.69. The summed E-state index contributed by atoms with van der Waals surface area (Å²) in [6.07, 6.45) is 2.98. The molecular weight excluding hydrogens is 494 g/mol. The summed E-state index contributed by atoms with van der Waals surface area (Å²) in [7, 11) is 2.52. The second kappa shape index (κ2) is 15.1. The fourth-order valence-electron chi connectivity index (χ4n) is 2.63. The van der Waals surface area contributed by atoms with E-state index in [1.165, 1.54) is 48.1 Å². The molecule has 14 heteroatoms. The van der Waals surface area contributed by atoms with E-state index in [9.17, 15) is 23.2 Å². The van der Waals surface area contributed by atoms with Crippen molar-refractivity contribution in [1.29, 1.82) is 0 Å². The van der Waals surface area contributed by atoms with Crippen LogP contribution in [0.25, 0.3) is 0 Å². The molecule has 2 heterocycles. The van der Waals surface area contributed by atoms with Crippen molar-refractivity contribution >= 4 is 18.0 Å². The number of alkyl carbamates (subject to hydrolysis) is 1. The lowest BCUT2D eigenvalue weighted by Gasteiger charge is -2.20. The number of hydrogen-bond acceptors (Lipinski definition) is 9. The number of amides is 1. The van der Waals surface area contributed by atoms with Crippen LogP contribution in [0.15, 0.2) is 48.3 Å². The second-order valence-electron chi connectivity index (χ2n) is 8.33. The number of nitrogens with zero attached hydrogens (tertiary/aromatic N) is 4. The average molecular weight is 527 g/mol. The van der Waals surface area contributed by atoms with Crippen LogP contribution in [0.1, 0.15) is 41.7 Å². The van der Waals surface area contributed by atoms with Crippen molar-refractivity contribution in [2.45, 2.75) is 39.5 Å². The fourth-order valence-corrected chi connectivity index (χ4v) is 2.63. The number of nitrogens with one attached hydrogen (secondary N) is 1. The van der Waals surface area contributed by atoms with Gasteiger partial charge < -0.3 is 25.3 Å². The number of esters is 2. The summed E-state index contributed by atoms with van der Waals surface area (Å²) in [5.74, 6) is -1.08. The van der Waals surface area contributed by atoms with Gasteiger partial charge in [-0.1, -0.05) is 0 Å². The van der Waals surface area contributed by atoms with Gasteiger partial charge >= 0.3 is 18.0 Å². The molecule has 0 fully saturated rings. The lowest BCUT2D eigenvalue weighted by atomic mass is 10.2. The Morgan fingerprint density at radius 1 is 0.946 bits per heavy atom. The van der Waals surface area contributed by atoms with E-state index >= 15 is 0 Å². The van der Waals surface area contributed by atoms with Gasteiger partial charge in [-0.05, 0) is 44.1 Å². The van der Waals surface area contributed by atoms with E-state index in [0.29, 0.717) is 18.2 Å². The van der Waals surface area contributed by atoms with Crippen LogP contribution in [0.4, 0.5) is 13.6 Å². The monoisotopic (exact) mass is 526 g/mol. The van der Waals surface area contributed by atoms with Crippen LogP contribution in [0.2, 0.25) is 0 Å². The second-order valence-corrected chi connectivity index (χ2v) is 8.33. The van der Waals surface area contributed by atoms with E-state index in [1.54, 1.807) is 20.8 Å². The van der Waals surface area contributed by atoms with Crippen LogP contribution in [-0.2, 0) is 27.3 Å². The zero-order valence-electron chi connectivity index (χ0n) is 21.4. The number of carbonyl (C=O) groups is 3. The van der Waals surface area contributed by atoms with Gasteiger partial charge in [0.1, 0.15) is 17.0 Å². The predicted molar refractivity (Wildman–Crippen MR) is 129 cm³/mol. The Morgan fingerprint density at radius 2 is 1.41 bits per heavy atom. The molecule has 0 aliphatic heterocycles. The normalized spacial score (nSPS) is 11.8. The van der Waals surface area contributed by atoms with E-state index in [4.69, 9.17) is 10.5 Å². The van der Waals surface area contributed by atoms with Gasteiger partial charge in [0.05, 0.1) is 40.0 Å². The molecule has 0 radical (unpaired) electrons. The smallest absolute Gasteiger partial charge is 0.407 e. The van der Waals surface area contributed by atoms with Gasteiger partial charge in [0.15, 0.2) is 0 Å². The molecule has 0 saturated carbocycles. The number of nitrogens with two attached hydrogens (primary N) is 1. The highest BCUT2D eigenvalue weighted by molar-refractivity contribution is 5.87. The third-order valence-corrected chi connectivity index (χ3v) is 4.36. The van der Waals surface area contributed by atoms with Crippen molar-refractivity contribution in [2.75, 3.05) is 27.3 Å². The minimum atomic E-state index is -0.652. The third-order valence-electron chi connectivity index (χ3n) is 4.36. The Balaban J connectivity index is 0.000000397. The maximum Gasteiger partial charge on any atom is 0.407 e. The van der Waals surface area contributed by atoms with Gasteiger partial charge in [0.25, 0.3) is 0 Å². The SMILES string of the molecule is COC(=O)c1ccnn1C/C(=C/F)CN.COC(=O)c1ccnn1C/C(=C/F)CNC(=O)OC(C)(C)C. The molecule has 0 aliphatic carbocycles. The van der Waals surface area contributed by atoms with Crippen LogP contribution in [0, 0.1) is 0 Å². The van der Waals surface area contributed by atoms with Crippen molar-refractivity contribution in [3.05, 3.63) is 59.7 Å². The molecule has 1 amide bonds. The molecule has 0 unspecified atom stereocenters. The molecular formula is C23H32F2N6O6. The molecule has 2 aromatic rings. The van der Waals surface area contributed by atoms with Crippen molar-refractivity contribution < 1.29 is 37.4 Å². The van der Waals surface area contributed by atoms with Crippen molar-refractivity contribution in [3.8, 4) is 0 Å². The van der Waals surface area contributed by atoms with E-state index in [0.717, 1.165) is 0 Å². The number of rotatable bonds is 9. The minimum Gasteiger partial charge on any atom is -0.464 e. The maximum atomic E-state index is 12.9. The van der Waals surface area contributed by atoms with Gasteiger partial charge in [0.2, 0.25) is 0 Å². The van der Waals surface area contributed by atoms with Crippen molar-refractivity contribution in [2.24, 2.45) is 5.73 Å². The van der Waals surface area contributed by atoms with E-state index < -0.39 is 23.6 Å². The Kier molecular flexibility index (Phi) is 12.7. The highest BCUT2D eigenvalue weighted by Gasteiger charge is 2.17. The van der Waals surface area contributed by atoms with Gasteiger partial charge in [-0.25, -0.2) is 23.2 Å². The predicted octanol–water partition coefficient (Wildman–Crippen LogP) is 2.53. The standard InChI is InChI=1S/C14H20FN3O4.C9H12FN3O2/c1-14(2,3)22-13(20)16-8-10(7-15)9-18-11(5-6-17-18)12(19)21-4;1-15-9(14)8-2-3-12-13(8)6-7(4-10)5-11/h5-7H,8-9H2,1-4H3,(H,16,20);2-4H,5-6,11H2,1H3/b10-7+;7-4+. The molecule has 2 rings (SSSR count). The number of hydrogen-bond donors (Lipinski definition) is 2. The number of carbonyl (C=O) groups excluding carboxylic acids is 3. The first-order chi connectivity index (χ1) is 17.5. The lowest BCUT2D eigenvalue weighted by Crippen LogP contribution is -2.34. The van der Waals surface area contributed by atoms with E-state index in [2.05, 4.69) is 25.0 Å². The Hall–Kier alpha value is -4.07. The average Bonchev–Trinajstić information content (AvgIpc) is 3.52. The largest absolute Gasteiger partial charge is 0.464 e. The molecule has 3 N–H and O–H groups in total. The summed E-state index contributed by atoms with van der Waals surface area (Å²) in [5, 5.41) is 10.2. The highest BCUT2D eigenvalue weighted by Crippen LogP contribution is 2.09. The quantitative estimate of drug-likeness (QED) is 0.371. The maximum absolute atomic E-state index is 12.9. The van der Waals surface area contributed by atoms with Crippen LogP contribution in [-0.4, -0.2) is 70.5 Å². The molecule has 0 saturated heterocycles. The van der Waals surface area contributed by atoms with Crippen molar-refractivity contribution in [1.82, 2.24) is 24.9 Å². The first-order valence-corrected chi connectivity index (χ1v) is 10.9. The zero-order valence-corrected chi connectivity index (χ0v) is 21.4. The first kappa shape index (κ1) is 31.0. The molecule has 204 valence electrons. The van der Waals surface area contributed by atoms with Gasteiger partial charge in [-0.3, -0.25) is 9.36 Å². The van der Waals surface area contributed by atoms with Crippen molar-refractivity contribution in [3.63, 3.8) is 0 Å². The Morgan fingerprint density at radius 3 is 1.78 bits per heavy atom. The number of halogens is 2. The van der Waals surface area contributed by atoms with E-state index in [1.807, 2.05) is 0 Å². The highest BCUT2D eigenvalue weighted by atomic mass is 19.1. The van der Waals surface area contributed by atoms with Crippen LogP contribution >= 0.6 is 0 Å². The molecule has 2 aromatic heterocycles. The third kappa shape index (κ3) is 10.6. The number of methoxy groups -OCH3 is 2. The summed E-state index contributed by atoms with van der Waals surface area (Å²) in [4.78, 5) is 34.3. The summed E-state index contributed by atoms with van der Waals surface area (Å²) >= 11 is 0. The van der Waals surface area contributed by atoms with Crippen LogP contribution in [0.3, 0.4) is 0 Å². The Labute approximate surface area is 213 Å². The lowest BCUT2D eigenvalue weighted by molar-refractivity contribution is 0.0527. The fraction of sp³-hybridized carbons (Fsp3) is 0.435. The topological polar surface area (TPSA) is 153 Å². The number of aromatic nitrogens is 4. The molecule has 37 heavy (non-hydrogen) atoms. The summed E-state index contributed by atoms with van der Waals surface area (Å²) in [6, 6.07) is 2.96. The van der Waals surface area contributed by atoms with E-state index in [-0.39, 0.29) is 43.1 Å². The summed E-state index contributed by atoms with van der Waals surface area (Å²) in [6.45, 7) is 5.34. The van der Waals surface area contributed by atoms with Gasteiger partial charge in [0, 0.05) is 25.5 Å². The Bertz CT molecular complexity index is 1100. The van der Waals surface area contributed by atoms with Crippen LogP contribution < -0.4 is 11.1 Å². The molecule has 0 aliphatic rings. The molecule has 0 bridgehead atoms.